The van der Waals surface area contributed by atoms with Crippen molar-refractivity contribution in [3.8, 4) is 5.75 Å². The van der Waals surface area contributed by atoms with Gasteiger partial charge in [-0.2, -0.15) is 0 Å². The van der Waals surface area contributed by atoms with Crippen molar-refractivity contribution in [1.29, 1.82) is 0 Å². The standard InChI is InChI=1S/C20H24N2O2/c1-3-22(4-2)20(23)15-9-11-17(12-10-15)21-14-18-13-16-7-5-6-8-19(16)24-18/h5-12,18,21H,3-4,13-14H2,1-2H3. The Kier molecular flexibility index (Phi) is 5.04. The van der Waals surface area contributed by atoms with E-state index >= 15 is 0 Å². The average molecular weight is 324 g/mol. The number of carbonyl (C=O) groups is 1. The van der Waals surface area contributed by atoms with Crippen molar-refractivity contribution in [3.63, 3.8) is 0 Å². The Labute approximate surface area is 143 Å². The second-order valence-corrected chi connectivity index (χ2v) is 5.99. The second kappa shape index (κ2) is 7.39. The number of para-hydroxylation sites is 1. The van der Waals surface area contributed by atoms with Crippen LogP contribution >= 0.6 is 0 Å². The van der Waals surface area contributed by atoms with E-state index in [0.717, 1.165) is 43.1 Å². The summed E-state index contributed by atoms with van der Waals surface area (Å²) in [5, 5.41) is 3.39. The van der Waals surface area contributed by atoms with Crippen LogP contribution < -0.4 is 10.1 Å². The smallest absolute Gasteiger partial charge is 0.253 e. The van der Waals surface area contributed by atoms with Crippen molar-refractivity contribution in [3.05, 3.63) is 59.7 Å². The summed E-state index contributed by atoms with van der Waals surface area (Å²) in [6, 6.07) is 15.9. The number of fused-ring (bicyclic) bond motifs is 1. The van der Waals surface area contributed by atoms with E-state index in [1.807, 2.05) is 61.2 Å². The van der Waals surface area contributed by atoms with E-state index in [2.05, 4.69) is 11.4 Å². The quantitative estimate of drug-likeness (QED) is 0.883. The summed E-state index contributed by atoms with van der Waals surface area (Å²) in [7, 11) is 0. The summed E-state index contributed by atoms with van der Waals surface area (Å²) in [6.45, 7) is 6.20. The number of carbonyl (C=O) groups excluding carboxylic acids is 1. The number of ether oxygens (including phenoxy) is 1. The molecule has 1 aliphatic heterocycles. The Hall–Kier alpha value is -2.49. The van der Waals surface area contributed by atoms with Crippen molar-refractivity contribution in [2.45, 2.75) is 26.4 Å². The maximum absolute atomic E-state index is 12.3. The Morgan fingerprint density at radius 3 is 2.50 bits per heavy atom. The second-order valence-electron chi connectivity index (χ2n) is 5.99. The Bertz CT molecular complexity index is 668. The number of rotatable bonds is 6. The summed E-state index contributed by atoms with van der Waals surface area (Å²) >= 11 is 0. The van der Waals surface area contributed by atoms with Crippen LogP contribution in [0.2, 0.25) is 0 Å². The van der Waals surface area contributed by atoms with Gasteiger partial charge in [-0.1, -0.05) is 18.2 Å². The zero-order chi connectivity index (χ0) is 16.9. The van der Waals surface area contributed by atoms with Crippen LogP contribution in [-0.4, -0.2) is 36.5 Å². The van der Waals surface area contributed by atoms with Gasteiger partial charge in [-0.3, -0.25) is 4.79 Å². The normalized spacial score (nSPS) is 15.5. The molecule has 1 aliphatic rings. The fourth-order valence-electron chi connectivity index (χ4n) is 3.02. The number of amides is 1. The molecule has 0 aromatic heterocycles. The highest BCUT2D eigenvalue weighted by atomic mass is 16.5. The van der Waals surface area contributed by atoms with Crippen molar-refractivity contribution in [2.24, 2.45) is 0 Å². The molecule has 3 rings (SSSR count). The fourth-order valence-corrected chi connectivity index (χ4v) is 3.02. The third-order valence-electron chi connectivity index (χ3n) is 4.43. The minimum absolute atomic E-state index is 0.0844. The third kappa shape index (κ3) is 3.53. The molecule has 0 aliphatic carbocycles. The molecule has 1 unspecified atom stereocenters. The molecule has 126 valence electrons. The zero-order valence-electron chi connectivity index (χ0n) is 14.3. The molecule has 0 spiro atoms. The third-order valence-corrected chi connectivity index (χ3v) is 4.43. The highest BCUT2D eigenvalue weighted by Crippen LogP contribution is 2.28. The lowest BCUT2D eigenvalue weighted by atomic mass is 10.1. The highest BCUT2D eigenvalue weighted by molar-refractivity contribution is 5.94. The summed E-state index contributed by atoms with van der Waals surface area (Å²) in [6.07, 6.45) is 1.08. The van der Waals surface area contributed by atoms with Gasteiger partial charge in [0.1, 0.15) is 11.9 Å². The molecule has 0 radical (unpaired) electrons. The van der Waals surface area contributed by atoms with Crippen LogP contribution in [0.5, 0.6) is 5.75 Å². The predicted molar refractivity (Wildman–Crippen MR) is 96.7 cm³/mol. The molecule has 1 N–H and O–H groups in total. The van der Waals surface area contributed by atoms with Gasteiger partial charge in [0.25, 0.3) is 5.91 Å². The van der Waals surface area contributed by atoms with E-state index in [4.69, 9.17) is 4.74 Å². The van der Waals surface area contributed by atoms with Crippen molar-refractivity contribution < 1.29 is 9.53 Å². The molecule has 2 aromatic rings. The first kappa shape index (κ1) is 16.4. The van der Waals surface area contributed by atoms with Crippen LogP contribution in [0.4, 0.5) is 5.69 Å². The number of hydrogen-bond acceptors (Lipinski definition) is 3. The monoisotopic (exact) mass is 324 g/mol. The Morgan fingerprint density at radius 1 is 1.12 bits per heavy atom. The predicted octanol–water partition coefficient (Wildman–Crippen LogP) is 3.58. The first-order valence-electron chi connectivity index (χ1n) is 8.59. The average Bonchev–Trinajstić information content (AvgIpc) is 3.04. The van der Waals surface area contributed by atoms with Crippen LogP contribution in [0.15, 0.2) is 48.5 Å². The highest BCUT2D eigenvalue weighted by Gasteiger charge is 2.21. The van der Waals surface area contributed by atoms with Crippen molar-refractivity contribution in [2.75, 3.05) is 25.0 Å². The number of benzene rings is 2. The molecule has 0 fully saturated rings. The van der Waals surface area contributed by atoms with Crippen LogP contribution in [0, 0.1) is 0 Å². The number of hydrogen-bond donors (Lipinski definition) is 1. The minimum Gasteiger partial charge on any atom is -0.488 e. The Morgan fingerprint density at radius 2 is 1.83 bits per heavy atom. The summed E-state index contributed by atoms with van der Waals surface area (Å²) in [5.41, 5.74) is 3.00. The molecule has 0 bridgehead atoms. The lowest BCUT2D eigenvalue weighted by Crippen LogP contribution is -2.30. The van der Waals surface area contributed by atoms with Gasteiger partial charge in [0.05, 0.1) is 6.54 Å². The Balaban J connectivity index is 1.55. The SMILES string of the molecule is CCN(CC)C(=O)c1ccc(NCC2Cc3ccccc3O2)cc1. The maximum atomic E-state index is 12.3. The van der Waals surface area contributed by atoms with Crippen molar-refractivity contribution in [1.82, 2.24) is 4.90 Å². The summed E-state index contributed by atoms with van der Waals surface area (Å²) in [4.78, 5) is 14.1. The number of nitrogens with one attached hydrogen (secondary N) is 1. The van der Waals surface area contributed by atoms with Gasteiger partial charge < -0.3 is 15.0 Å². The maximum Gasteiger partial charge on any atom is 0.253 e. The van der Waals surface area contributed by atoms with E-state index in [1.54, 1.807) is 0 Å². The minimum atomic E-state index is 0.0844. The van der Waals surface area contributed by atoms with Crippen LogP contribution in [-0.2, 0) is 6.42 Å². The van der Waals surface area contributed by atoms with Gasteiger partial charge in [-0.15, -0.1) is 0 Å². The molecule has 0 saturated heterocycles. The molecule has 2 aromatic carbocycles. The van der Waals surface area contributed by atoms with Crippen LogP contribution in [0.1, 0.15) is 29.8 Å². The fraction of sp³-hybridized carbons (Fsp3) is 0.350. The van der Waals surface area contributed by atoms with Gasteiger partial charge in [-0.25, -0.2) is 0 Å². The van der Waals surface area contributed by atoms with E-state index in [-0.39, 0.29) is 12.0 Å². The van der Waals surface area contributed by atoms with Gasteiger partial charge in [0, 0.05) is 30.8 Å². The van der Waals surface area contributed by atoms with E-state index in [1.165, 1.54) is 5.56 Å². The van der Waals surface area contributed by atoms with E-state index in [0.29, 0.717) is 0 Å². The lowest BCUT2D eigenvalue weighted by molar-refractivity contribution is 0.0773. The van der Waals surface area contributed by atoms with E-state index < -0.39 is 0 Å². The molecule has 24 heavy (non-hydrogen) atoms. The molecule has 1 amide bonds. The molecular formula is C20H24N2O2. The zero-order valence-corrected chi connectivity index (χ0v) is 14.3. The first-order chi connectivity index (χ1) is 11.7. The van der Waals surface area contributed by atoms with Gasteiger partial charge in [0.2, 0.25) is 0 Å². The van der Waals surface area contributed by atoms with Gasteiger partial charge in [-0.05, 0) is 49.7 Å². The summed E-state index contributed by atoms with van der Waals surface area (Å²) < 4.78 is 5.93. The topological polar surface area (TPSA) is 41.6 Å². The van der Waals surface area contributed by atoms with Crippen LogP contribution in [0.3, 0.4) is 0 Å². The molecule has 4 nitrogen and oxygen atoms in total. The molecular weight excluding hydrogens is 300 g/mol. The number of nitrogens with zero attached hydrogens (tertiary/aromatic N) is 1. The van der Waals surface area contributed by atoms with Gasteiger partial charge in [0.15, 0.2) is 0 Å². The molecule has 1 atom stereocenters. The van der Waals surface area contributed by atoms with Gasteiger partial charge >= 0.3 is 0 Å². The molecule has 0 saturated carbocycles. The first-order valence-corrected chi connectivity index (χ1v) is 8.59. The summed E-state index contributed by atoms with van der Waals surface area (Å²) in [5.74, 6) is 1.07. The number of anilines is 1. The molecule has 4 heteroatoms. The molecule has 1 heterocycles. The van der Waals surface area contributed by atoms with Crippen molar-refractivity contribution >= 4 is 11.6 Å². The lowest BCUT2D eigenvalue weighted by Gasteiger charge is -2.19. The van der Waals surface area contributed by atoms with Crippen LogP contribution in [0.25, 0.3) is 0 Å². The largest absolute Gasteiger partial charge is 0.488 e. The van der Waals surface area contributed by atoms with E-state index in [9.17, 15) is 4.79 Å².